The van der Waals surface area contributed by atoms with Crippen molar-refractivity contribution in [1.82, 2.24) is 9.88 Å². The molecule has 4 nitrogen and oxygen atoms in total. The van der Waals surface area contributed by atoms with Crippen molar-refractivity contribution in [3.63, 3.8) is 0 Å². The lowest BCUT2D eigenvalue weighted by molar-refractivity contribution is 0.0729. The molecule has 0 saturated heterocycles. The number of nitrogen functional groups attached to an aromatic ring is 1. The largest absolute Gasteiger partial charge is 0.384 e. The highest BCUT2D eigenvalue weighted by Gasteiger charge is 2.37. The van der Waals surface area contributed by atoms with Gasteiger partial charge in [-0.1, -0.05) is 6.07 Å². The van der Waals surface area contributed by atoms with Gasteiger partial charge in [-0.25, -0.2) is 4.98 Å². The molecule has 1 aromatic rings. The summed E-state index contributed by atoms with van der Waals surface area (Å²) in [6, 6.07) is 5.70. The molecule has 17 heavy (non-hydrogen) atoms. The summed E-state index contributed by atoms with van der Waals surface area (Å²) in [6.45, 7) is 0.903. The first-order valence-corrected chi connectivity index (χ1v) is 6.27. The van der Waals surface area contributed by atoms with Gasteiger partial charge in [-0.3, -0.25) is 4.79 Å². The summed E-state index contributed by atoms with van der Waals surface area (Å²) in [5.74, 6) is 1.19. The number of nitrogens with zero attached hydrogens (tertiary/aromatic N) is 2. The molecule has 3 rings (SSSR count). The maximum absolute atomic E-state index is 12.3. The SMILES string of the molecule is Nc1cccc(C(=O)N(CC2CC2)C2CC2)n1. The Balaban J connectivity index is 1.77. The van der Waals surface area contributed by atoms with E-state index in [2.05, 4.69) is 4.98 Å². The number of nitrogens with two attached hydrogens (primary N) is 1. The summed E-state index contributed by atoms with van der Waals surface area (Å²) in [4.78, 5) is 18.5. The number of carbonyl (C=O) groups excluding carboxylic acids is 1. The Labute approximate surface area is 101 Å². The quantitative estimate of drug-likeness (QED) is 0.857. The van der Waals surface area contributed by atoms with Gasteiger partial charge in [0.15, 0.2) is 0 Å². The highest BCUT2D eigenvalue weighted by atomic mass is 16.2. The second-order valence-corrected chi connectivity index (χ2v) is 5.08. The highest BCUT2D eigenvalue weighted by Crippen LogP contribution is 2.35. The van der Waals surface area contributed by atoms with Gasteiger partial charge in [0.2, 0.25) is 0 Å². The van der Waals surface area contributed by atoms with Gasteiger partial charge in [-0.2, -0.15) is 0 Å². The zero-order chi connectivity index (χ0) is 11.8. The van der Waals surface area contributed by atoms with Gasteiger partial charge in [-0.15, -0.1) is 0 Å². The molecule has 4 heteroatoms. The molecular formula is C13H17N3O. The molecule has 0 aliphatic heterocycles. The minimum absolute atomic E-state index is 0.0479. The van der Waals surface area contributed by atoms with Crippen LogP contribution in [0.25, 0.3) is 0 Å². The molecule has 0 aromatic carbocycles. The maximum Gasteiger partial charge on any atom is 0.272 e. The van der Waals surface area contributed by atoms with Crippen molar-refractivity contribution in [1.29, 1.82) is 0 Å². The predicted octanol–water partition coefficient (Wildman–Crippen LogP) is 1.68. The summed E-state index contributed by atoms with van der Waals surface area (Å²) in [6.07, 6.45) is 4.81. The summed E-state index contributed by atoms with van der Waals surface area (Å²) in [5, 5.41) is 0. The van der Waals surface area contributed by atoms with Gasteiger partial charge in [-0.05, 0) is 43.7 Å². The van der Waals surface area contributed by atoms with Crippen molar-refractivity contribution in [2.24, 2.45) is 5.92 Å². The third-order valence-electron chi connectivity index (χ3n) is 3.39. The minimum atomic E-state index is 0.0479. The highest BCUT2D eigenvalue weighted by molar-refractivity contribution is 5.93. The molecule has 0 bridgehead atoms. The van der Waals surface area contributed by atoms with Crippen LogP contribution in [0.1, 0.15) is 36.2 Å². The van der Waals surface area contributed by atoms with E-state index in [1.807, 2.05) is 4.90 Å². The number of amides is 1. The Morgan fingerprint density at radius 2 is 2.12 bits per heavy atom. The summed E-state index contributed by atoms with van der Waals surface area (Å²) >= 11 is 0. The van der Waals surface area contributed by atoms with Gasteiger partial charge in [0, 0.05) is 12.6 Å². The monoisotopic (exact) mass is 231 g/mol. The van der Waals surface area contributed by atoms with E-state index >= 15 is 0 Å². The smallest absolute Gasteiger partial charge is 0.272 e. The molecule has 90 valence electrons. The summed E-state index contributed by atoms with van der Waals surface area (Å²) in [7, 11) is 0. The van der Waals surface area contributed by atoms with E-state index in [-0.39, 0.29) is 5.91 Å². The fraction of sp³-hybridized carbons (Fsp3) is 0.538. The molecule has 0 radical (unpaired) electrons. The predicted molar refractivity (Wildman–Crippen MR) is 65.4 cm³/mol. The van der Waals surface area contributed by atoms with Gasteiger partial charge in [0.25, 0.3) is 5.91 Å². The maximum atomic E-state index is 12.3. The zero-order valence-electron chi connectivity index (χ0n) is 9.80. The minimum Gasteiger partial charge on any atom is -0.384 e. The van der Waals surface area contributed by atoms with E-state index in [1.165, 1.54) is 12.8 Å². The first-order chi connectivity index (χ1) is 8.24. The van der Waals surface area contributed by atoms with E-state index in [0.29, 0.717) is 17.6 Å². The van der Waals surface area contributed by atoms with Crippen LogP contribution >= 0.6 is 0 Å². The molecule has 0 unspecified atom stereocenters. The van der Waals surface area contributed by atoms with E-state index in [1.54, 1.807) is 18.2 Å². The average Bonchev–Trinajstić information content (AvgIpc) is 3.16. The van der Waals surface area contributed by atoms with Gasteiger partial charge in [0.05, 0.1) is 0 Å². The van der Waals surface area contributed by atoms with Crippen molar-refractivity contribution in [3.8, 4) is 0 Å². The van der Waals surface area contributed by atoms with Crippen molar-refractivity contribution < 1.29 is 4.79 Å². The van der Waals surface area contributed by atoms with Crippen LogP contribution < -0.4 is 5.73 Å². The van der Waals surface area contributed by atoms with E-state index in [4.69, 9.17) is 5.73 Å². The van der Waals surface area contributed by atoms with Gasteiger partial charge < -0.3 is 10.6 Å². The lowest BCUT2D eigenvalue weighted by Gasteiger charge is -2.21. The fourth-order valence-electron chi connectivity index (χ4n) is 2.08. The van der Waals surface area contributed by atoms with Crippen molar-refractivity contribution in [2.45, 2.75) is 31.7 Å². The Bertz CT molecular complexity index is 438. The van der Waals surface area contributed by atoms with E-state index in [9.17, 15) is 4.79 Å². The number of anilines is 1. The van der Waals surface area contributed by atoms with Crippen LogP contribution in [0.2, 0.25) is 0 Å². The van der Waals surface area contributed by atoms with Crippen molar-refractivity contribution >= 4 is 11.7 Å². The zero-order valence-corrected chi connectivity index (χ0v) is 9.80. The molecule has 1 heterocycles. The number of rotatable bonds is 4. The van der Waals surface area contributed by atoms with Crippen LogP contribution in [0.3, 0.4) is 0 Å². The van der Waals surface area contributed by atoms with Crippen LogP contribution in [-0.4, -0.2) is 28.4 Å². The van der Waals surface area contributed by atoms with Crippen LogP contribution in [0.5, 0.6) is 0 Å². The summed E-state index contributed by atoms with van der Waals surface area (Å²) in [5.41, 5.74) is 6.10. The number of hydrogen-bond acceptors (Lipinski definition) is 3. The topological polar surface area (TPSA) is 59.2 Å². The second kappa shape index (κ2) is 4.02. The molecule has 2 saturated carbocycles. The Morgan fingerprint density at radius 1 is 1.35 bits per heavy atom. The number of pyridine rings is 1. The second-order valence-electron chi connectivity index (χ2n) is 5.08. The fourth-order valence-corrected chi connectivity index (χ4v) is 2.08. The third-order valence-corrected chi connectivity index (χ3v) is 3.39. The molecule has 2 N–H and O–H groups in total. The Kier molecular flexibility index (Phi) is 2.50. The van der Waals surface area contributed by atoms with Gasteiger partial charge >= 0.3 is 0 Å². The molecule has 0 atom stereocenters. The molecule has 2 aliphatic rings. The van der Waals surface area contributed by atoms with Crippen LogP contribution in [0.4, 0.5) is 5.82 Å². The lowest BCUT2D eigenvalue weighted by atomic mass is 10.2. The number of hydrogen-bond donors (Lipinski definition) is 1. The summed E-state index contributed by atoms with van der Waals surface area (Å²) < 4.78 is 0. The number of aromatic nitrogens is 1. The Morgan fingerprint density at radius 3 is 2.71 bits per heavy atom. The molecular weight excluding hydrogens is 214 g/mol. The van der Waals surface area contributed by atoms with Gasteiger partial charge in [0.1, 0.15) is 11.5 Å². The van der Waals surface area contributed by atoms with Crippen molar-refractivity contribution in [2.75, 3.05) is 12.3 Å². The standard InChI is InChI=1S/C13H17N3O/c14-12-3-1-2-11(15-12)13(17)16(10-6-7-10)8-9-4-5-9/h1-3,9-10H,4-8H2,(H2,14,15). The normalized spacial score (nSPS) is 19.1. The molecule has 0 spiro atoms. The lowest BCUT2D eigenvalue weighted by Crippen LogP contribution is -2.35. The Hall–Kier alpha value is -1.58. The van der Waals surface area contributed by atoms with Crippen LogP contribution in [0.15, 0.2) is 18.2 Å². The average molecular weight is 231 g/mol. The molecule has 1 aromatic heterocycles. The van der Waals surface area contributed by atoms with Crippen LogP contribution in [0, 0.1) is 5.92 Å². The molecule has 1 amide bonds. The first-order valence-electron chi connectivity index (χ1n) is 6.27. The third kappa shape index (κ3) is 2.40. The van der Waals surface area contributed by atoms with E-state index < -0.39 is 0 Å². The number of carbonyl (C=O) groups is 1. The van der Waals surface area contributed by atoms with E-state index in [0.717, 1.165) is 25.3 Å². The van der Waals surface area contributed by atoms with Crippen molar-refractivity contribution in [3.05, 3.63) is 23.9 Å². The molecule has 2 aliphatic carbocycles. The molecule has 2 fully saturated rings. The van der Waals surface area contributed by atoms with Crippen LogP contribution in [-0.2, 0) is 0 Å². The first kappa shape index (κ1) is 10.6.